The molecule has 0 saturated carbocycles. The van der Waals surface area contributed by atoms with Crippen molar-refractivity contribution >= 4 is 44.9 Å². The van der Waals surface area contributed by atoms with Crippen molar-refractivity contribution in [3.8, 4) is 10.6 Å². The summed E-state index contributed by atoms with van der Waals surface area (Å²) in [4.78, 5) is 22.7. The highest BCUT2D eigenvalue weighted by atomic mass is 32.2. The number of hydrogen-bond acceptors (Lipinski definition) is 7. The second-order valence-corrected chi connectivity index (χ2v) is 9.08. The molecule has 0 spiro atoms. The molecule has 8 heteroatoms. The van der Waals surface area contributed by atoms with E-state index in [9.17, 15) is 4.79 Å². The molecule has 1 N–H and O–H groups in total. The Labute approximate surface area is 192 Å². The molecule has 0 atom stereocenters. The Morgan fingerprint density at radius 2 is 1.78 bits per heavy atom. The number of aryl methyl sites for hydroxylation is 1. The molecule has 0 unspecified atom stereocenters. The summed E-state index contributed by atoms with van der Waals surface area (Å²) in [7, 11) is 0. The Hall–Kier alpha value is -3.49. The molecule has 5 aromatic rings. The molecule has 0 aliphatic carbocycles. The van der Waals surface area contributed by atoms with Crippen LogP contribution in [0.25, 0.3) is 20.8 Å². The van der Waals surface area contributed by atoms with Gasteiger partial charge in [0.2, 0.25) is 5.89 Å². The van der Waals surface area contributed by atoms with Gasteiger partial charge >= 0.3 is 0 Å². The summed E-state index contributed by atoms with van der Waals surface area (Å²) < 4.78 is 6.17. The monoisotopic (exact) mass is 458 g/mol. The third kappa shape index (κ3) is 4.42. The van der Waals surface area contributed by atoms with E-state index in [1.165, 1.54) is 11.8 Å². The third-order valence-electron chi connectivity index (χ3n) is 4.74. The van der Waals surface area contributed by atoms with Crippen molar-refractivity contribution in [2.24, 2.45) is 0 Å². The first kappa shape index (κ1) is 20.4. The molecule has 3 aromatic carbocycles. The Morgan fingerprint density at radius 1 is 1.00 bits per heavy atom. The van der Waals surface area contributed by atoms with Gasteiger partial charge in [0, 0.05) is 23.1 Å². The molecule has 2 aromatic heterocycles. The van der Waals surface area contributed by atoms with Crippen molar-refractivity contribution in [1.82, 2.24) is 15.1 Å². The van der Waals surface area contributed by atoms with E-state index in [0.29, 0.717) is 23.0 Å². The SMILES string of the molecule is Cc1nc(CSc2ccccc2C(=O)Nc2ccc(-c3nc4ccccc4s3)cc2)no1. The molecule has 2 heterocycles. The van der Waals surface area contributed by atoms with Crippen LogP contribution in [0.3, 0.4) is 0 Å². The van der Waals surface area contributed by atoms with E-state index in [4.69, 9.17) is 9.51 Å². The van der Waals surface area contributed by atoms with E-state index in [1.807, 2.05) is 66.7 Å². The maximum Gasteiger partial charge on any atom is 0.256 e. The lowest BCUT2D eigenvalue weighted by atomic mass is 10.2. The number of thiazole rings is 1. The molecule has 0 aliphatic rings. The van der Waals surface area contributed by atoms with Crippen molar-refractivity contribution < 1.29 is 9.32 Å². The summed E-state index contributed by atoms with van der Waals surface area (Å²) in [5, 5.41) is 7.86. The Kier molecular flexibility index (Phi) is 5.70. The van der Waals surface area contributed by atoms with Gasteiger partial charge in [0.15, 0.2) is 5.82 Å². The summed E-state index contributed by atoms with van der Waals surface area (Å²) in [6, 6.07) is 23.3. The normalized spacial score (nSPS) is 11.0. The molecule has 0 bridgehead atoms. The van der Waals surface area contributed by atoms with E-state index in [1.54, 1.807) is 18.3 Å². The zero-order valence-corrected chi connectivity index (χ0v) is 18.7. The summed E-state index contributed by atoms with van der Waals surface area (Å²) >= 11 is 3.16. The smallest absolute Gasteiger partial charge is 0.256 e. The van der Waals surface area contributed by atoms with Crippen molar-refractivity contribution in [3.63, 3.8) is 0 Å². The van der Waals surface area contributed by atoms with Gasteiger partial charge in [0.25, 0.3) is 5.91 Å². The highest BCUT2D eigenvalue weighted by molar-refractivity contribution is 7.98. The van der Waals surface area contributed by atoms with Gasteiger partial charge in [0.1, 0.15) is 5.01 Å². The predicted octanol–water partition coefficient (Wildman–Crippen LogP) is 6.20. The van der Waals surface area contributed by atoms with Crippen molar-refractivity contribution in [2.45, 2.75) is 17.6 Å². The van der Waals surface area contributed by atoms with Gasteiger partial charge in [-0.15, -0.1) is 23.1 Å². The van der Waals surface area contributed by atoms with Crippen LogP contribution in [0.15, 0.2) is 82.2 Å². The van der Waals surface area contributed by atoms with Crippen LogP contribution in [0.4, 0.5) is 5.69 Å². The van der Waals surface area contributed by atoms with E-state index < -0.39 is 0 Å². The van der Waals surface area contributed by atoms with Gasteiger partial charge in [-0.1, -0.05) is 29.4 Å². The maximum atomic E-state index is 12.9. The number of thioether (sulfide) groups is 1. The lowest BCUT2D eigenvalue weighted by Crippen LogP contribution is -2.12. The minimum atomic E-state index is -0.162. The quantitative estimate of drug-likeness (QED) is 0.305. The maximum absolute atomic E-state index is 12.9. The lowest BCUT2D eigenvalue weighted by molar-refractivity contribution is 0.102. The molecule has 1 amide bonds. The fourth-order valence-corrected chi connectivity index (χ4v) is 5.08. The summed E-state index contributed by atoms with van der Waals surface area (Å²) in [5.41, 5.74) is 3.35. The number of carbonyl (C=O) groups is 1. The second-order valence-electron chi connectivity index (χ2n) is 7.03. The second kappa shape index (κ2) is 8.94. The number of benzene rings is 3. The van der Waals surface area contributed by atoms with Gasteiger partial charge in [-0.05, 0) is 48.5 Å². The zero-order valence-electron chi connectivity index (χ0n) is 17.1. The van der Waals surface area contributed by atoms with Crippen LogP contribution in [0.5, 0.6) is 0 Å². The first-order chi connectivity index (χ1) is 15.7. The number of nitrogens with zero attached hydrogens (tertiary/aromatic N) is 3. The largest absolute Gasteiger partial charge is 0.340 e. The molecular weight excluding hydrogens is 440 g/mol. The zero-order chi connectivity index (χ0) is 21.9. The number of aromatic nitrogens is 3. The number of nitrogens with one attached hydrogen (secondary N) is 1. The number of fused-ring (bicyclic) bond motifs is 1. The minimum absolute atomic E-state index is 0.162. The predicted molar refractivity (Wildman–Crippen MR) is 128 cm³/mol. The van der Waals surface area contributed by atoms with Crippen LogP contribution in [0.1, 0.15) is 22.1 Å². The molecule has 0 fully saturated rings. The fraction of sp³-hybridized carbons (Fsp3) is 0.0833. The molecule has 32 heavy (non-hydrogen) atoms. The van der Waals surface area contributed by atoms with Gasteiger partial charge in [-0.3, -0.25) is 4.79 Å². The molecule has 158 valence electrons. The average molecular weight is 459 g/mol. The van der Waals surface area contributed by atoms with Crippen molar-refractivity contribution in [1.29, 1.82) is 0 Å². The summed E-state index contributed by atoms with van der Waals surface area (Å²) in [6.07, 6.45) is 0. The standard InChI is InChI=1S/C24H18N4O2S2/c1-15-25-22(28-30-15)14-31-20-8-4-2-6-18(20)23(29)26-17-12-10-16(11-13-17)24-27-19-7-3-5-9-21(19)32-24/h2-13H,14H2,1H3,(H,26,29). The number of amides is 1. The highest BCUT2D eigenvalue weighted by Crippen LogP contribution is 2.31. The van der Waals surface area contributed by atoms with Crippen molar-refractivity contribution in [3.05, 3.63) is 90.1 Å². The summed E-state index contributed by atoms with van der Waals surface area (Å²) in [5.74, 6) is 1.50. The van der Waals surface area contributed by atoms with Gasteiger partial charge in [-0.2, -0.15) is 4.98 Å². The third-order valence-corrected chi connectivity index (χ3v) is 6.90. The van der Waals surface area contributed by atoms with E-state index >= 15 is 0 Å². The lowest BCUT2D eigenvalue weighted by Gasteiger charge is -2.09. The van der Waals surface area contributed by atoms with Gasteiger partial charge in [-0.25, -0.2) is 4.98 Å². The first-order valence-electron chi connectivity index (χ1n) is 9.94. The van der Waals surface area contributed by atoms with Crippen LogP contribution >= 0.6 is 23.1 Å². The van der Waals surface area contributed by atoms with Crippen LogP contribution in [0, 0.1) is 6.92 Å². The van der Waals surface area contributed by atoms with Crippen LogP contribution in [0.2, 0.25) is 0 Å². The molecule has 0 radical (unpaired) electrons. The molecule has 6 nitrogen and oxygen atoms in total. The highest BCUT2D eigenvalue weighted by Gasteiger charge is 2.14. The van der Waals surface area contributed by atoms with Gasteiger partial charge in [0.05, 0.1) is 21.5 Å². The topological polar surface area (TPSA) is 80.9 Å². The van der Waals surface area contributed by atoms with Gasteiger partial charge < -0.3 is 9.84 Å². The fourth-order valence-electron chi connectivity index (χ4n) is 3.21. The number of para-hydroxylation sites is 1. The van der Waals surface area contributed by atoms with E-state index in [2.05, 4.69) is 21.5 Å². The molecule has 0 aliphatic heterocycles. The van der Waals surface area contributed by atoms with E-state index in [-0.39, 0.29) is 5.91 Å². The minimum Gasteiger partial charge on any atom is -0.340 e. The Balaban J connectivity index is 1.29. The number of anilines is 1. The average Bonchev–Trinajstić information content (AvgIpc) is 3.44. The van der Waals surface area contributed by atoms with E-state index in [0.717, 1.165) is 31.4 Å². The summed E-state index contributed by atoms with van der Waals surface area (Å²) in [6.45, 7) is 1.75. The first-order valence-corrected chi connectivity index (χ1v) is 11.7. The molecular formula is C24H18N4O2S2. The number of carbonyl (C=O) groups excluding carboxylic acids is 1. The molecule has 5 rings (SSSR count). The van der Waals surface area contributed by atoms with Crippen LogP contribution in [-0.4, -0.2) is 21.0 Å². The van der Waals surface area contributed by atoms with Crippen LogP contribution < -0.4 is 5.32 Å². The van der Waals surface area contributed by atoms with Crippen LogP contribution in [-0.2, 0) is 5.75 Å². The Bertz CT molecular complexity index is 1360. The molecule has 0 saturated heterocycles. The Morgan fingerprint density at radius 3 is 2.56 bits per heavy atom. The number of hydrogen-bond donors (Lipinski definition) is 1. The van der Waals surface area contributed by atoms with Crippen molar-refractivity contribution in [2.75, 3.05) is 5.32 Å². The number of rotatable bonds is 6.